The summed E-state index contributed by atoms with van der Waals surface area (Å²) in [6.07, 6.45) is 1.46. The molecule has 0 saturated heterocycles. The van der Waals surface area contributed by atoms with Gasteiger partial charge in [-0.25, -0.2) is 14.4 Å². The molecule has 2 N–H and O–H groups in total. The maximum atomic E-state index is 11.9. The number of nitrogens with one attached hydrogen (secondary N) is 1. The second kappa shape index (κ2) is 11.3. The van der Waals surface area contributed by atoms with Gasteiger partial charge in [-0.1, -0.05) is 44.2 Å². The molecule has 1 amide bonds. The third-order valence-corrected chi connectivity index (χ3v) is 5.10. The zero-order valence-electron chi connectivity index (χ0n) is 16.8. The van der Waals surface area contributed by atoms with Crippen LogP contribution in [0.3, 0.4) is 0 Å². The first-order chi connectivity index (χ1) is 13.8. The number of amides is 1. The largest absolute Gasteiger partial charge is 0.508 e. The van der Waals surface area contributed by atoms with Crippen LogP contribution in [-0.4, -0.2) is 42.1 Å². The van der Waals surface area contributed by atoms with Crippen LogP contribution in [-0.2, 0) is 25.6 Å². The summed E-state index contributed by atoms with van der Waals surface area (Å²) in [5.41, 5.74) is 0.765. The van der Waals surface area contributed by atoms with Crippen molar-refractivity contribution < 1.29 is 33.7 Å². The Morgan fingerprint density at radius 2 is 1.72 bits per heavy atom. The van der Waals surface area contributed by atoms with Crippen molar-refractivity contribution in [2.24, 2.45) is 11.8 Å². The Labute approximate surface area is 170 Å². The minimum Gasteiger partial charge on any atom is -0.480 e. The fourth-order valence-corrected chi connectivity index (χ4v) is 3.28. The maximum Gasteiger partial charge on any atom is 0.508 e. The summed E-state index contributed by atoms with van der Waals surface area (Å²) in [5.74, 6) is -0.104. The lowest BCUT2D eigenvalue weighted by atomic mass is 9.80. The summed E-state index contributed by atoms with van der Waals surface area (Å²) in [7, 11) is 0. The number of rotatable bonds is 8. The first kappa shape index (κ1) is 22.5. The number of carbonyl (C=O) groups excluding carboxylic acids is 2. The topological polar surface area (TPSA) is 111 Å². The van der Waals surface area contributed by atoms with Crippen LogP contribution < -0.4 is 5.32 Å². The predicted molar refractivity (Wildman–Crippen MR) is 104 cm³/mol. The molecule has 29 heavy (non-hydrogen) atoms. The van der Waals surface area contributed by atoms with E-state index in [4.69, 9.17) is 14.2 Å². The van der Waals surface area contributed by atoms with Gasteiger partial charge in [0.25, 0.3) is 0 Å². The van der Waals surface area contributed by atoms with Gasteiger partial charge in [-0.15, -0.1) is 0 Å². The Balaban J connectivity index is 1.70. The molecule has 0 heterocycles. The number of aliphatic carboxylic acids is 1. The molecular weight excluding hydrogens is 378 g/mol. The van der Waals surface area contributed by atoms with E-state index in [-0.39, 0.29) is 12.7 Å². The molecule has 1 aromatic carbocycles. The highest BCUT2D eigenvalue weighted by molar-refractivity contribution is 5.80. The SMILES string of the molecule is CC(C)C1CCC(OC(=O)OCC(NC(=O)OCc2ccccc2)C(=O)O)CC1. The Hall–Kier alpha value is -2.77. The average Bonchev–Trinajstić information content (AvgIpc) is 2.70. The van der Waals surface area contributed by atoms with Crippen LogP contribution in [0.25, 0.3) is 0 Å². The van der Waals surface area contributed by atoms with Crippen molar-refractivity contribution >= 4 is 18.2 Å². The van der Waals surface area contributed by atoms with Crippen LogP contribution in [0.2, 0.25) is 0 Å². The standard InChI is InChI=1S/C21H29NO7/c1-14(2)16-8-10-17(11-9-16)29-21(26)28-13-18(19(23)24)22-20(25)27-12-15-6-4-3-5-7-15/h3-7,14,16-18H,8-13H2,1-2H3,(H,22,25)(H,23,24). The molecule has 1 atom stereocenters. The molecule has 0 aliphatic heterocycles. The van der Waals surface area contributed by atoms with Gasteiger partial charge in [0.15, 0.2) is 6.04 Å². The quantitative estimate of drug-likeness (QED) is 0.632. The molecule has 1 fully saturated rings. The van der Waals surface area contributed by atoms with Crippen molar-refractivity contribution in [3.63, 3.8) is 0 Å². The first-order valence-electron chi connectivity index (χ1n) is 9.88. The number of carboxylic acids is 1. The van der Waals surface area contributed by atoms with Crippen molar-refractivity contribution in [3.8, 4) is 0 Å². The molecule has 8 heteroatoms. The average molecular weight is 407 g/mol. The maximum absolute atomic E-state index is 11.9. The fourth-order valence-electron chi connectivity index (χ4n) is 3.28. The second-order valence-electron chi connectivity index (χ2n) is 7.56. The lowest BCUT2D eigenvalue weighted by molar-refractivity contribution is -0.140. The van der Waals surface area contributed by atoms with Gasteiger partial charge in [0.05, 0.1) is 0 Å². The van der Waals surface area contributed by atoms with Crippen LogP contribution in [0.1, 0.15) is 45.1 Å². The Morgan fingerprint density at radius 3 is 2.31 bits per heavy atom. The molecular formula is C21H29NO7. The zero-order valence-corrected chi connectivity index (χ0v) is 16.8. The van der Waals surface area contributed by atoms with Crippen LogP contribution in [0.4, 0.5) is 9.59 Å². The van der Waals surface area contributed by atoms with E-state index < -0.39 is 30.9 Å². The van der Waals surface area contributed by atoms with Crippen LogP contribution in [0.15, 0.2) is 30.3 Å². The minimum atomic E-state index is -1.43. The summed E-state index contributed by atoms with van der Waals surface area (Å²) in [4.78, 5) is 35.0. The molecule has 0 radical (unpaired) electrons. The van der Waals surface area contributed by atoms with Crippen molar-refractivity contribution in [3.05, 3.63) is 35.9 Å². The molecule has 8 nitrogen and oxygen atoms in total. The Morgan fingerprint density at radius 1 is 1.07 bits per heavy atom. The van der Waals surface area contributed by atoms with Crippen molar-refractivity contribution in [1.29, 1.82) is 0 Å². The van der Waals surface area contributed by atoms with Gasteiger partial charge < -0.3 is 24.6 Å². The summed E-state index contributed by atoms with van der Waals surface area (Å²) >= 11 is 0. The number of hydrogen-bond donors (Lipinski definition) is 2. The highest BCUT2D eigenvalue weighted by Crippen LogP contribution is 2.31. The number of benzene rings is 1. The summed E-state index contributed by atoms with van der Waals surface area (Å²) in [5, 5.41) is 11.4. The summed E-state index contributed by atoms with van der Waals surface area (Å²) in [6.45, 7) is 3.82. The number of ether oxygens (including phenoxy) is 3. The molecule has 0 aromatic heterocycles. The van der Waals surface area contributed by atoms with E-state index in [9.17, 15) is 19.5 Å². The summed E-state index contributed by atoms with van der Waals surface area (Å²) in [6, 6.07) is 7.54. The number of carboxylic acid groups (broad SMARTS) is 1. The highest BCUT2D eigenvalue weighted by Gasteiger charge is 2.27. The molecule has 1 aliphatic rings. The van der Waals surface area contributed by atoms with Crippen LogP contribution in [0, 0.1) is 11.8 Å². The van der Waals surface area contributed by atoms with Crippen molar-refractivity contribution in [2.45, 2.75) is 58.3 Å². The molecule has 1 saturated carbocycles. The van der Waals surface area contributed by atoms with Gasteiger partial charge in [0, 0.05) is 0 Å². The molecule has 1 unspecified atom stereocenters. The van der Waals surface area contributed by atoms with Gasteiger partial charge in [0.2, 0.25) is 0 Å². The first-order valence-corrected chi connectivity index (χ1v) is 9.88. The van der Waals surface area contributed by atoms with E-state index in [2.05, 4.69) is 19.2 Å². The molecule has 1 aromatic rings. The van der Waals surface area contributed by atoms with Crippen LogP contribution >= 0.6 is 0 Å². The highest BCUT2D eigenvalue weighted by atomic mass is 16.7. The Kier molecular flexibility index (Phi) is 8.76. The smallest absolute Gasteiger partial charge is 0.480 e. The number of alkyl carbamates (subject to hydrolysis) is 1. The lowest BCUT2D eigenvalue weighted by Crippen LogP contribution is -2.44. The monoisotopic (exact) mass is 407 g/mol. The minimum absolute atomic E-state index is 0.000955. The van der Waals surface area contributed by atoms with E-state index in [0.29, 0.717) is 11.8 Å². The van der Waals surface area contributed by atoms with E-state index in [0.717, 1.165) is 31.2 Å². The zero-order chi connectivity index (χ0) is 21.2. The normalized spacial score (nSPS) is 19.8. The van der Waals surface area contributed by atoms with E-state index in [1.807, 2.05) is 6.07 Å². The predicted octanol–water partition coefficient (Wildman–Crippen LogP) is 3.73. The molecule has 1 aliphatic carbocycles. The summed E-state index contributed by atoms with van der Waals surface area (Å²) < 4.78 is 15.1. The third-order valence-electron chi connectivity index (χ3n) is 5.10. The van der Waals surface area contributed by atoms with Gasteiger partial charge in [0.1, 0.15) is 19.3 Å². The van der Waals surface area contributed by atoms with E-state index in [1.165, 1.54) is 0 Å². The third kappa shape index (κ3) is 8.01. The number of carbonyl (C=O) groups is 3. The van der Waals surface area contributed by atoms with Gasteiger partial charge in [-0.2, -0.15) is 0 Å². The van der Waals surface area contributed by atoms with Crippen molar-refractivity contribution in [1.82, 2.24) is 5.32 Å². The van der Waals surface area contributed by atoms with E-state index >= 15 is 0 Å². The fraction of sp³-hybridized carbons (Fsp3) is 0.571. The molecule has 0 bridgehead atoms. The van der Waals surface area contributed by atoms with Gasteiger partial charge in [-0.05, 0) is 43.1 Å². The Bertz CT molecular complexity index is 669. The van der Waals surface area contributed by atoms with Crippen molar-refractivity contribution in [2.75, 3.05) is 6.61 Å². The van der Waals surface area contributed by atoms with E-state index in [1.54, 1.807) is 24.3 Å². The van der Waals surface area contributed by atoms with Gasteiger partial charge >= 0.3 is 18.2 Å². The lowest BCUT2D eigenvalue weighted by Gasteiger charge is -2.30. The van der Waals surface area contributed by atoms with Gasteiger partial charge in [-0.3, -0.25) is 0 Å². The second-order valence-corrected chi connectivity index (χ2v) is 7.56. The number of hydrogen-bond acceptors (Lipinski definition) is 6. The molecule has 2 rings (SSSR count). The molecule has 160 valence electrons. The molecule has 0 spiro atoms. The van der Waals surface area contributed by atoms with Crippen LogP contribution in [0.5, 0.6) is 0 Å².